The van der Waals surface area contributed by atoms with Crippen molar-refractivity contribution in [2.75, 3.05) is 10.0 Å². The van der Waals surface area contributed by atoms with Crippen LogP contribution >= 0.6 is 0 Å². The molecule has 1 heterocycles. The number of carbonyl (C=O) groups excluding carboxylic acids is 1. The average molecular weight is 369 g/mol. The van der Waals surface area contributed by atoms with E-state index in [0.717, 1.165) is 5.39 Å². The fourth-order valence-corrected chi connectivity index (χ4v) is 3.70. The molecule has 7 heteroatoms. The molecule has 2 aromatic carbocycles. The van der Waals surface area contributed by atoms with E-state index in [4.69, 9.17) is 0 Å². The molecule has 0 spiro atoms. The summed E-state index contributed by atoms with van der Waals surface area (Å²) >= 11 is 0. The van der Waals surface area contributed by atoms with Gasteiger partial charge in [-0.05, 0) is 24.3 Å². The fourth-order valence-electron chi connectivity index (χ4n) is 2.47. The SMILES string of the molecule is CC(C)C(=O)Nc1ccccc1S(=O)(=O)Nc1cccc2cccnc12. The minimum absolute atomic E-state index is 0.00179. The van der Waals surface area contributed by atoms with Gasteiger partial charge in [-0.3, -0.25) is 14.5 Å². The predicted molar refractivity (Wildman–Crippen MR) is 102 cm³/mol. The topological polar surface area (TPSA) is 88.2 Å². The van der Waals surface area contributed by atoms with E-state index in [1.165, 1.54) is 6.07 Å². The molecule has 0 radical (unpaired) electrons. The van der Waals surface area contributed by atoms with Crippen LogP contribution in [0.3, 0.4) is 0 Å². The van der Waals surface area contributed by atoms with Crippen LogP contribution in [0, 0.1) is 5.92 Å². The standard InChI is InChI=1S/C19H19N3O3S/c1-13(2)19(23)21-15-9-3-4-11-17(15)26(24,25)22-16-10-5-7-14-8-6-12-20-18(14)16/h3-13,22H,1-2H3,(H,21,23). The second-order valence-corrected chi connectivity index (χ2v) is 7.78. The molecule has 0 fully saturated rings. The first-order chi connectivity index (χ1) is 12.4. The minimum Gasteiger partial charge on any atom is -0.325 e. The van der Waals surface area contributed by atoms with E-state index >= 15 is 0 Å². The number of benzene rings is 2. The van der Waals surface area contributed by atoms with Gasteiger partial charge in [-0.2, -0.15) is 0 Å². The summed E-state index contributed by atoms with van der Waals surface area (Å²) in [6, 6.07) is 15.2. The van der Waals surface area contributed by atoms with Crippen molar-refractivity contribution in [2.24, 2.45) is 5.92 Å². The Labute approximate surface area is 152 Å². The molecule has 0 unspecified atom stereocenters. The Kier molecular flexibility index (Phi) is 4.90. The number of nitrogens with zero attached hydrogens (tertiary/aromatic N) is 1. The number of para-hydroxylation sites is 2. The number of carbonyl (C=O) groups is 1. The van der Waals surface area contributed by atoms with Crippen LogP contribution in [-0.2, 0) is 14.8 Å². The summed E-state index contributed by atoms with van der Waals surface area (Å²) in [7, 11) is -3.91. The number of nitrogens with one attached hydrogen (secondary N) is 2. The van der Waals surface area contributed by atoms with E-state index in [1.807, 2.05) is 12.1 Å². The van der Waals surface area contributed by atoms with Gasteiger partial charge in [-0.25, -0.2) is 8.42 Å². The highest BCUT2D eigenvalue weighted by Gasteiger charge is 2.21. The zero-order valence-electron chi connectivity index (χ0n) is 14.4. The number of anilines is 2. The van der Waals surface area contributed by atoms with Gasteiger partial charge in [-0.1, -0.05) is 44.2 Å². The third-order valence-corrected chi connectivity index (χ3v) is 5.26. The Morgan fingerprint density at radius 1 is 0.962 bits per heavy atom. The predicted octanol–water partition coefficient (Wildman–Crippen LogP) is 3.63. The molecule has 134 valence electrons. The fraction of sp³-hybridized carbons (Fsp3) is 0.158. The molecule has 3 rings (SSSR count). The van der Waals surface area contributed by atoms with Crippen molar-refractivity contribution in [3.63, 3.8) is 0 Å². The maximum absolute atomic E-state index is 12.9. The lowest BCUT2D eigenvalue weighted by atomic mass is 10.2. The van der Waals surface area contributed by atoms with Crippen LogP contribution in [0.5, 0.6) is 0 Å². The lowest BCUT2D eigenvalue weighted by Gasteiger charge is -2.15. The van der Waals surface area contributed by atoms with E-state index in [-0.39, 0.29) is 22.4 Å². The van der Waals surface area contributed by atoms with Crippen molar-refractivity contribution in [1.29, 1.82) is 0 Å². The Hall–Kier alpha value is -2.93. The molecule has 0 aliphatic rings. The third kappa shape index (κ3) is 3.67. The number of hydrogen-bond donors (Lipinski definition) is 2. The molecule has 1 amide bonds. The van der Waals surface area contributed by atoms with Crippen LogP contribution in [0.15, 0.2) is 65.7 Å². The van der Waals surface area contributed by atoms with Crippen molar-refractivity contribution in [1.82, 2.24) is 4.98 Å². The van der Waals surface area contributed by atoms with Gasteiger partial charge in [0.2, 0.25) is 5.91 Å². The monoisotopic (exact) mass is 369 g/mol. The van der Waals surface area contributed by atoms with Gasteiger partial charge in [0.05, 0.1) is 16.9 Å². The van der Waals surface area contributed by atoms with Gasteiger partial charge in [0.1, 0.15) is 4.90 Å². The zero-order valence-corrected chi connectivity index (χ0v) is 15.2. The number of hydrogen-bond acceptors (Lipinski definition) is 4. The van der Waals surface area contributed by atoms with Gasteiger partial charge >= 0.3 is 0 Å². The summed E-state index contributed by atoms with van der Waals surface area (Å²) in [5, 5.41) is 3.49. The highest BCUT2D eigenvalue weighted by Crippen LogP contribution is 2.27. The molecule has 6 nitrogen and oxygen atoms in total. The van der Waals surface area contributed by atoms with E-state index in [2.05, 4.69) is 15.0 Å². The molecule has 1 aromatic heterocycles. The summed E-state index contributed by atoms with van der Waals surface area (Å²) in [6.07, 6.45) is 1.61. The molecule has 0 atom stereocenters. The Morgan fingerprint density at radius 2 is 1.65 bits per heavy atom. The molecule has 0 aliphatic heterocycles. The molecule has 26 heavy (non-hydrogen) atoms. The first-order valence-electron chi connectivity index (χ1n) is 8.15. The van der Waals surface area contributed by atoms with E-state index in [1.54, 1.807) is 56.4 Å². The zero-order chi connectivity index (χ0) is 18.7. The summed E-state index contributed by atoms with van der Waals surface area (Å²) in [6.45, 7) is 3.49. The van der Waals surface area contributed by atoms with Crippen molar-refractivity contribution in [3.05, 3.63) is 60.8 Å². The second-order valence-electron chi connectivity index (χ2n) is 6.13. The van der Waals surface area contributed by atoms with E-state index in [0.29, 0.717) is 11.2 Å². The smallest absolute Gasteiger partial charge is 0.264 e. The van der Waals surface area contributed by atoms with Crippen LogP contribution in [0.25, 0.3) is 10.9 Å². The van der Waals surface area contributed by atoms with Crippen LogP contribution in [0.2, 0.25) is 0 Å². The summed E-state index contributed by atoms with van der Waals surface area (Å²) < 4.78 is 28.4. The van der Waals surface area contributed by atoms with Crippen LogP contribution in [-0.4, -0.2) is 19.3 Å². The van der Waals surface area contributed by atoms with Crippen molar-refractivity contribution in [2.45, 2.75) is 18.7 Å². The Morgan fingerprint density at radius 3 is 2.42 bits per heavy atom. The van der Waals surface area contributed by atoms with Gasteiger partial charge in [-0.15, -0.1) is 0 Å². The Bertz CT molecular complexity index is 1060. The van der Waals surface area contributed by atoms with Crippen molar-refractivity contribution in [3.8, 4) is 0 Å². The maximum Gasteiger partial charge on any atom is 0.264 e. The van der Waals surface area contributed by atoms with Crippen LogP contribution in [0.4, 0.5) is 11.4 Å². The summed E-state index contributed by atoms with van der Waals surface area (Å²) in [5.74, 6) is -0.513. The van der Waals surface area contributed by atoms with Crippen LogP contribution in [0.1, 0.15) is 13.8 Å². The largest absolute Gasteiger partial charge is 0.325 e. The molecular formula is C19H19N3O3S. The molecule has 0 saturated heterocycles. The lowest BCUT2D eigenvalue weighted by Crippen LogP contribution is -2.21. The molecule has 3 aromatic rings. The maximum atomic E-state index is 12.9. The lowest BCUT2D eigenvalue weighted by molar-refractivity contribution is -0.118. The highest BCUT2D eigenvalue weighted by atomic mass is 32.2. The van der Waals surface area contributed by atoms with Crippen molar-refractivity contribution >= 4 is 38.2 Å². The van der Waals surface area contributed by atoms with E-state index < -0.39 is 10.0 Å². The number of sulfonamides is 1. The minimum atomic E-state index is -3.91. The average Bonchev–Trinajstić information content (AvgIpc) is 2.62. The first-order valence-corrected chi connectivity index (χ1v) is 9.63. The number of amides is 1. The number of fused-ring (bicyclic) bond motifs is 1. The number of aromatic nitrogens is 1. The highest BCUT2D eigenvalue weighted by molar-refractivity contribution is 7.93. The second kappa shape index (κ2) is 7.13. The van der Waals surface area contributed by atoms with Gasteiger partial charge in [0, 0.05) is 17.5 Å². The third-order valence-electron chi connectivity index (χ3n) is 3.84. The number of rotatable bonds is 5. The molecular weight excluding hydrogens is 350 g/mol. The van der Waals surface area contributed by atoms with Crippen molar-refractivity contribution < 1.29 is 13.2 Å². The number of pyridine rings is 1. The normalized spacial score (nSPS) is 11.5. The van der Waals surface area contributed by atoms with Gasteiger partial charge in [0.25, 0.3) is 10.0 Å². The van der Waals surface area contributed by atoms with Gasteiger partial charge in [0.15, 0.2) is 0 Å². The molecule has 0 bridgehead atoms. The summed E-state index contributed by atoms with van der Waals surface area (Å²) in [5.41, 5.74) is 1.18. The Balaban J connectivity index is 2.00. The first kappa shape index (κ1) is 17.9. The summed E-state index contributed by atoms with van der Waals surface area (Å²) in [4.78, 5) is 16.2. The quantitative estimate of drug-likeness (QED) is 0.719. The molecule has 0 aliphatic carbocycles. The van der Waals surface area contributed by atoms with Crippen LogP contribution < -0.4 is 10.0 Å². The van der Waals surface area contributed by atoms with E-state index in [9.17, 15) is 13.2 Å². The molecule has 0 saturated carbocycles. The van der Waals surface area contributed by atoms with Gasteiger partial charge < -0.3 is 5.32 Å². The molecule has 2 N–H and O–H groups in total.